The zero-order valence-electron chi connectivity index (χ0n) is 23.0. The maximum atomic E-state index is 14.3. The van der Waals surface area contributed by atoms with E-state index in [1.54, 1.807) is 42.5 Å². The lowest BCUT2D eigenvalue weighted by molar-refractivity contribution is -0.140. The number of carbonyl (C=O) groups excluding carboxylic acids is 2. The third kappa shape index (κ3) is 7.79. The van der Waals surface area contributed by atoms with Crippen LogP contribution >= 0.6 is 27.5 Å². The Bertz CT molecular complexity index is 1600. The largest absolute Gasteiger partial charge is 0.355 e. The first-order valence-electron chi connectivity index (χ1n) is 13.4. The van der Waals surface area contributed by atoms with E-state index in [1.807, 2.05) is 61.5 Å². The topological polar surface area (TPSA) is 86.8 Å². The molecular formula is C32H31BrClN3O4S. The van der Waals surface area contributed by atoms with E-state index in [1.165, 1.54) is 17.0 Å². The number of anilines is 1. The molecular weight excluding hydrogens is 638 g/mol. The van der Waals surface area contributed by atoms with E-state index >= 15 is 0 Å². The minimum absolute atomic E-state index is 0.0155. The van der Waals surface area contributed by atoms with E-state index in [0.717, 1.165) is 19.9 Å². The summed E-state index contributed by atoms with van der Waals surface area (Å²) in [6.45, 7) is 1.70. The van der Waals surface area contributed by atoms with Crippen molar-refractivity contribution >= 4 is 55.1 Å². The molecule has 0 saturated carbocycles. The van der Waals surface area contributed by atoms with Crippen molar-refractivity contribution in [3.8, 4) is 0 Å². The van der Waals surface area contributed by atoms with Gasteiger partial charge in [0.2, 0.25) is 11.8 Å². The summed E-state index contributed by atoms with van der Waals surface area (Å²) in [5.74, 6) is -0.883. The van der Waals surface area contributed by atoms with Crippen molar-refractivity contribution in [3.05, 3.63) is 130 Å². The summed E-state index contributed by atoms with van der Waals surface area (Å²) >= 11 is 9.92. The van der Waals surface area contributed by atoms with Gasteiger partial charge < -0.3 is 10.2 Å². The Hall–Kier alpha value is -3.66. The lowest BCUT2D eigenvalue weighted by Crippen LogP contribution is -2.53. The van der Waals surface area contributed by atoms with Gasteiger partial charge in [0.15, 0.2) is 0 Å². The molecule has 0 bridgehead atoms. The molecule has 0 aromatic heterocycles. The lowest BCUT2D eigenvalue weighted by atomic mass is 10.0. The number of rotatable bonds is 12. The quantitative estimate of drug-likeness (QED) is 0.199. The molecule has 0 unspecified atom stereocenters. The highest BCUT2D eigenvalue weighted by molar-refractivity contribution is 9.10. The van der Waals surface area contributed by atoms with Crippen molar-refractivity contribution in [2.75, 3.05) is 17.4 Å². The minimum atomic E-state index is -4.20. The molecule has 7 nitrogen and oxygen atoms in total. The molecule has 0 aliphatic rings. The summed E-state index contributed by atoms with van der Waals surface area (Å²) < 4.78 is 29.8. The van der Waals surface area contributed by atoms with Crippen LogP contribution in [-0.4, -0.2) is 44.3 Å². The second kappa shape index (κ2) is 14.5. The van der Waals surface area contributed by atoms with Crippen LogP contribution in [0.2, 0.25) is 5.02 Å². The summed E-state index contributed by atoms with van der Waals surface area (Å²) in [5, 5.41) is 3.03. The van der Waals surface area contributed by atoms with Crippen molar-refractivity contribution in [3.63, 3.8) is 0 Å². The van der Waals surface area contributed by atoms with E-state index in [0.29, 0.717) is 6.54 Å². The van der Waals surface area contributed by atoms with Crippen molar-refractivity contribution in [2.24, 2.45) is 0 Å². The molecule has 1 N–H and O–H groups in total. The van der Waals surface area contributed by atoms with Gasteiger partial charge in [-0.2, -0.15) is 0 Å². The predicted molar refractivity (Wildman–Crippen MR) is 170 cm³/mol. The molecule has 0 aliphatic heterocycles. The average molecular weight is 669 g/mol. The number of likely N-dealkylation sites (N-methyl/N-ethyl adjacent to an activating group) is 1. The van der Waals surface area contributed by atoms with Gasteiger partial charge in [-0.3, -0.25) is 13.9 Å². The number of amides is 2. The van der Waals surface area contributed by atoms with Gasteiger partial charge in [-0.05, 0) is 54.4 Å². The number of hydrogen-bond donors (Lipinski definition) is 1. The van der Waals surface area contributed by atoms with Crippen molar-refractivity contribution < 1.29 is 18.0 Å². The summed E-state index contributed by atoms with van der Waals surface area (Å²) in [5.41, 5.74) is 1.81. The highest BCUT2D eigenvalue weighted by atomic mass is 79.9. The Labute approximate surface area is 260 Å². The third-order valence-corrected chi connectivity index (χ3v) is 9.24. The van der Waals surface area contributed by atoms with Gasteiger partial charge in [0.05, 0.1) is 15.6 Å². The van der Waals surface area contributed by atoms with Gasteiger partial charge in [0.1, 0.15) is 12.6 Å². The highest BCUT2D eigenvalue weighted by Crippen LogP contribution is 2.31. The molecule has 4 rings (SSSR count). The van der Waals surface area contributed by atoms with Crippen LogP contribution in [-0.2, 0) is 32.6 Å². The minimum Gasteiger partial charge on any atom is -0.355 e. The predicted octanol–water partition coefficient (Wildman–Crippen LogP) is 6.07. The first-order valence-corrected chi connectivity index (χ1v) is 16.0. The molecule has 42 heavy (non-hydrogen) atoms. The van der Waals surface area contributed by atoms with Crippen LogP contribution in [0.25, 0.3) is 0 Å². The van der Waals surface area contributed by atoms with Crippen LogP contribution in [0.1, 0.15) is 18.1 Å². The molecule has 0 saturated heterocycles. The third-order valence-electron chi connectivity index (χ3n) is 6.62. The molecule has 0 spiro atoms. The summed E-state index contributed by atoms with van der Waals surface area (Å²) in [7, 11) is -4.20. The fourth-order valence-electron chi connectivity index (χ4n) is 4.52. The molecule has 0 aliphatic carbocycles. The van der Waals surface area contributed by atoms with Crippen molar-refractivity contribution in [1.29, 1.82) is 0 Å². The number of nitrogens with zero attached hydrogens (tertiary/aromatic N) is 2. The molecule has 2 amide bonds. The number of sulfonamides is 1. The maximum Gasteiger partial charge on any atom is 0.264 e. The van der Waals surface area contributed by atoms with Crippen LogP contribution in [0.5, 0.6) is 0 Å². The zero-order valence-corrected chi connectivity index (χ0v) is 26.1. The number of hydrogen-bond acceptors (Lipinski definition) is 4. The van der Waals surface area contributed by atoms with Gasteiger partial charge in [-0.1, -0.05) is 100 Å². The number of benzene rings is 4. The van der Waals surface area contributed by atoms with Crippen molar-refractivity contribution in [1.82, 2.24) is 10.2 Å². The standard InChI is InChI=1S/C32H31BrClN3O4S/c1-2-35-32(39)30(21-24-11-5-3-6-12-24)36(22-25-17-19-26(33)20-18-25)31(38)23-37(29-16-10-9-15-28(29)34)42(40,41)27-13-7-4-8-14-27/h3-20,30H,2,21-23H2,1H3,(H,35,39)/t30-/m1/s1. The molecule has 1 atom stereocenters. The number of halogens is 2. The zero-order chi connectivity index (χ0) is 30.1. The molecule has 4 aromatic rings. The fraction of sp³-hybridized carbons (Fsp3) is 0.188. The van der Waals surface area contributed by atoms with Crippen LogP contribution in [0.15, 0.2) is 119 Å². The fourth-order valence-corrected chi connectivity index (χ4v) is 6.53. The Morgan fingerprint density at radius 3 is 2.05 bits per heavy atom. The second-order valence-electron chi connectivity index (χ2n) is 9.52. The normalized spacial score (nSPS) is 11.9. The Morgan fingerprint density at radius 2 is 1.43 bits per heavy atom. The summed E-state index contributed by atoms with van der Waals surface area (Å²) in [6, 6.07) is 30.3. The van der Waals surface area contributed by atoms with Crippen LogP contribution in [0.4, 0.5) is 5.69 Å². The van der Waals surface area contributed by atoms with E-state index < -0.39 is 28.5 Å². The highest BCUT2D eigenvalue weighted by Gasteiger charge is 2.35. The van der Waals surface area contributed by atoms with E-state index in [-0.39, 0.29) is 34.5 Å². The van der Waals surface area contributed by atoms with Gasteiger partial charge in [0, 0.05) is 24.0 Å². The van der Waals surface area contributed by atoms with Gasteiger partial charge >= 0.3 is 0 Å². The van der Waals surface area contributed by atoms with Gasteiger partial charge in [0.25, 0.3) is 10.0 Å². The molecule has 0 heterocycles. The Kier molecular flexibility index (Phi) is 10.8. The lowest BCUT2D eigenvalue weighted by Gasteiger charge is -2.34. The van der Waals surface area contributed by atoms with Crippen LogP contribution in [0, 0.1) is 0 Å². The van der Waals surface area contributed by atoms with Crippen LogP contribution in [0.3, 0.4) is 0 Å². The SMILES string of the molecule is CCNC(=O)[C@@H](Cc1ccccc1)N(Cc1ccc(Br)cc1)C(=O)CN(c1ccccc1Cl)S(=O)(=O)c1ccccc1. The molecule has 10 heteroatoms. The number of nitrogens with one attached hydrogen (secondary N) is 1. The molecule has 0 fully saturated rings. The average Bonchev–Trinajstić information content (AvgIpc) is 3.00. The van der Waals surface area contributed by atoms with Gasteiger partial charge in [-0.15, -0.1) is 0 Å². The number of carbonyl (C=O) groups is 2. The van der Waals surface area contributed by atoms with Crippen LogP contribution < -0.4 is 9.62 Å². The molecule has 218 valence electrons. The first kappa shape index (κ1) is 31.3. The monoisotopic (exact) mass is 667 g/mol. The van der Waals surface area contributed by atoms with Crippen molar-refractivity contribution in [2.45, 2.75) is 30.8 Å². The van der Waals surface area contributed by atoms with E-state index in [9.17, 15) is 18.0 Å². The Balaban J connectivity index is 1.79. The summed E-state index contributed by atoms with van der Waals surface area (Å²) in [6.07, 6.45) is 0.243. The van der Waals surface area contributed by atoms with Gasteiger partial charge in [-0.25, -0.2) is 8.42 Å². The first-order chi connectivity index (χ1) is 20.2. The molecule has 4 aromatic carbocycles. The maximum absolute atomic E-state index is 14.3. The number of para-hydroxylation sites is 1. The van der Waals surface area contributed by atoms with E-state index in [2.05, 4.69) is 21.2 Å². The second-order valence-corrected chi connectivity index (χ2v) is 12.7. The smallest absolute Gasteiger partial charge is 0.264 e. The van der Waals surface area contributed by atoms with E-state index in [4.69, 9.17) is 11.6 Å². The Morgan fingerprint density at radius 1 is 0.833 bits per heavy atom. The molecule has 0 radical (unpaired) electrons. The summed E-state index contributed by atoms with van der Waals surface area (Å²) in [4.78, 5) is 29.3.